The Kier molecular flexibility index (Phi) is 8.64. The van der Waals surface area contributed by atoms with Crippen LogP contribution in [0.5, 0.6) is 0 Å². The first-order valence-electron chi connectivity index (χ1n) is 10.2. The van der Waals surface area contributed by atoms with Crippen LogP contribution in [0.3, 0.4) is 0 Å². The van der Waals surface area contributed by atoms with Crippen LogP contribution in [0.25, 0.3) is 0 Å². The zero-order chi connectivity index (χ0) is 22.1. The Hall–Kier alpha value is -3.10. The van der Waals surface area contributed by atoms with Crippen molar-refractivity contribution in [3.05, 3.63) is 35.4 Å². The monoisotopic (exact) mass is 418 g/mol. The number of imide groups is 1. The van der Waals surface area contributed by atoms with E-state index in [4.69, 9.17) is 4.74 Å². The SMILES string of the molecule is CC(C)NC(=O)NCc1ccc(C(=O)O[C@@H](C)C(=O)NC(=O)NC2CCCC2)cc1. The number of amides is 5. The molecule has 0 radical (unpaired) electrons. The van der Waals surface area contributed by atoms with Crippen molar-refractivity contribution in [1.29, 1.82) is 0 Å². The van der Waals surface area contributed by atoms with Gasteiger partial charge in [-0.3, -0.25) is 10.1 Å². The topological polar surface area (TPSA) is 126 Å². The normalized spacial score (nSPS) is 14.7. The lowest BCUT2D eigenvalue weighted by Crippen LogP contribution is -2.47. The van der Waals surface area contributed by atoms with Crippen molar-refractivity contribution in [1.82, 2.24) is 21.3 Å². The van der Waals surface area contributed by atoms with Gasteiger partial charge >= 0.3 is 18.0 Å². The second-order valence-electron chi connectivity index (χ2n) is 7.67. The Balaban J connectivity index is 1.77. The number of urea groups is 2. The quantitative estimate of drug-likeness (QED) is 0.505. The van der Waals surface area contributed by atoms with Crippen LogP contribution in [0, 0.1) is 0 Å². The summed E-state index contributed by atoms with van der Waals surface area (Å²) in [4.78, 5) is 47.8. The number of rotatable bonds is 7. The summed E-state index contributed by atoms with van der Waals surface area (Å²) in [6, 6.07) is 5.75. The van der Waals surface area contributed by atoms with Crippen molar-refractivity contribution in [2.24, 2.45) is 0 Å². The molecule has 1 aromatic carbocycles. The molecule has 1 aliphatic rings. The Labute approximate surface area is 176 Å². The predicted octanol–water partition coefficient (Wildman–Crippen LogP) is 2.21. The molecule has 1 aromatic rings. The third-order valence-corrected chi connectivity index (χ3v) is 4.64. The third-order valence-electron chi connectivity index (χ3n) is 4.64. The Morgan fingerprint density at radius 1 is 1.00 bits per heavy atom. The first kappa shape index (κ1) is 23.2. The molecule has 0 bridgehead atoms. The minimum absolute atomic E-state index is 0.0371. The van der Waals surface area contributed by atoms with Crippen LogP contribution in [0.1, 0.15) is 62.4 Å². The molecular weight excluding hydrogens is 388 g/mol. The van der Waals surface area contributed by atoms with E-state index in [0.717, 1.165) is 31.2 Å². The molecule has 0 aliphatic heterocycles. The van der Waals surface area contributed by atoms with Gasteiger partial charge in [0, 0.05) is 18.6 Å². The summed E-state index contributed by atoms with van der Waals surface area (Å²) in [5, 5.41) is 10.4. The van der Waals surface area contributed by atoms with Crippen molar-refractivity contribution in [2.75, 3.05) is 0 Å². The lowest BCUT2D eigenvalue weighted by molar-refractivity contribution is -0.127. The van der Waals surface area contributed by atoms with Crippen molar-refractivity contribution in [3.8, 4) is 0 Å². The van der Waals surface area contributed by atoms with Gasteiger partial charge in [-0.1, -0.05) is 25.0 Å². The van der Waals surface area contributed by atoms with Crippen LogP contribution >= 0.6 is 0 Å². The van der Waals surface area contributed by atoms with E-state index in [-0.39, 0.29) is 23.7 Å². The van der Waals surface area contributed by atoms with Gasteiger partial charge in [0.05, 0.1) is 5.56 Å². The van der Waals surface area contributed by atoms with Gasteiger partial charge in [0.2, 0.25) is 0 Å². The summed E-state index contributed by atoms with van der Waals surface area (Å²) in [5.74, 6) is -1.36. The van der Waals surface area contributed by atoms with E-state index in [0.29, 0.717) is 6.54 Å². The van der Waals surface area contributed by atoms with E-state index in [9.17, 15) is 19.2 Å². The number of nitrogens with one attached hydrogen (secondary N) is 4. The molecule has 0 aromatic heterocycles. The molecule has 5 amide bonds. The molecule has 9 nitrogen and oxygen atoms in total. The van der Waals surface area contributed by atoms with Crippen molar-refractivity contribution < 1.29 is 23.9 Å². The Bertz CT molecular complexity index is 757. The van der Waals surface area contributed by atoms with E-state index >= 15 is 0 Å². The molecule has 4 N–H and O–H groups in total. The molecule has 1 aliphatic carbocycles. The second-order valence-corrected chi connectivity index (χ2v) is 7.67. The molecular formula is C21H30N4O5. The fourth-order valence-electron chi connectivity index (χ4n) is 3.04. The van der Waals surface area contributed by atoms with Crippen molar-refractivity contribution in [3.63, 3.8) is 0 Å². The van der Waals surface area contributed by atoms with Crippen LogP contribution in [-0.4, -0.2) is 42.1 Å². The fourth-order valence-corrected chi connectivity index (χ4v) is 3.04. The summed E-state index contributed by atoms with van der Waals surface area (Å²) in [6.45, 7) is 5.44. The van der Waals surface area contributed by atoms with E-state index in [1.807, 2.05) is 13.8 Å². The molecule has 1 atom stereocenters. The van der Waals surface area contributed by atoms with Gasteiger partial charge < -0.3 is 20.7 Å². The van der Waals surface area contributed by atoms with E-state index in [1.54, 1.807) is 24.3 Å². The zero-order valence-electron chi connectivity index (χ0n) is 17.6. The predicted molar refractivity (Wildman–Crippen MR) is 111 cm³/mol. The number of benzene rings is 1. The molecule has 0 heterocycles. The average Bonchev–Trinajstić information content (AvgIpc) is 3.18. The summed E-state index contributed by atoms with van der Waals surface area (Å²) in [6.07, 6.45) is 2.81. The maximum atomic E-state index is 12.2. The number of ether oxygens (including phenoxy) is 1. The molecule has 1 fully saturated rings. The molecule has 0 saturated heterocycles. The standard InChI is InChI=1S/C21H30N4O5/c1-13(2)23-20(28)22-12-15-8-10-16(11-9-15)19(27)30-14(3)18(26)25-21(29)24-17-6-4-5-7-17/h8-11,13-14,17H,4-7,12H2,1-3H3,(H2,22,23,28)(H2,24,25,26,29)/t14-/m0/s1. The smallest absolute Gasteiger partial charge is 0.338 e. The number of carbonyl (C=O) groups is 4. The highest BCUT2D eigenvalue weighted by Gasteiger charge is 2.23. The molecule has 2 rings (SSSR count). The summed E-state index contributed by atoms with van der Waals surface area (Å²) in [7, 11) is 0. The summed E-state index contributed by atoms with van der Waals surface area (Å²) in [5.41, 5.74) is 1.07. The van der Waals surface area contributed by atoms with Crippen molar-refractivity contribution in [2.45, 2.75) is 71.2 Å². The molecule has 30 heavy (non-hydrogen) atoms. The minimum Gasteiger partial charge on any atom is -0.449 e. The minimum atomic E-state index is -1.12. The maximum Gasteiger partial charge on any atom is 0.338 e. The highest BCUT2D eigenvalue weighted by Crippen LogP contribution is 2.17. The Morgan fingerprint density at radius 3 is 2.23 bits per heavy atom. The first-order chi connectivity index (χ1) is 14.2. The van der Waals surface area contributed by atoms with Gasteiger partial charge in [0.15, 0.2) is 6.10 Å². The summed E-state index contributed by atoms with van der Waals surface area (Å²) < 4.78 is 5.14. The fraction of sp³-hybridized carbons (Fsp3) is 0.524. The van der Waals surface area contributed by atoms with Crippen LogP contribution in [0.2, 0.25) is 0 Å². The van der Waals surface area contributed by atoms with Gasteiger partial charge in [0.1, 0.15) is 0 Å². The van der Waals surface area contributed by atoms with E-state index in [1.165, 1.54) is 6.92 Å². The number of esters is 1. The Morgan fingerprint density at radius 2 is 1.63 bits per heavy atom. The van der Waals surface area contributed by atoms with Gasteiger partial charge in [-0.15, -0.1) is 0 Å². The molecule has 1 saturated carbocycles. The van der Waals surface area contributed by atoms with Crippen LogP contribution in [0.15, 0.2) is 24.3 Å². The number of hydrogen-bond acceptors (Lipinski definition) is 5. The molecule has 0 unspecified atom stereocenters. The maximum absolute atomic E-state index is 12.2. The van der Waals surface area contributed by atoms with E-state index < -0.39 is 24.0 Å². The highest BCUT2D eigenvalue weighted by atomic mass is 16.5. The molecule has 9 heteroatoms. The van der Waals surface area contributed by atoms with Crippen LogP contribution in [-0.2, 0) is 16.1 Å². The number of hydrogen-bond donors (Lipinski definition) is 4. The molecule has 0 spiro atoms. The highest BCUT2D eigenvalue weighted by molar-refractivity contribution is 5.98. The van der Waals surface area contributed by atoms with Crippen molar-refractivity contribution >= 4 is 23.9 Å². The lowest BCUT2D eigenvalue weighted by Gasteiger charge is -2.15. The number of carbonyl (C=O) groups excluding carboxylic acids is 4. The van der Waals surface area contributed by atoms with Crippen LogP contribution in [0.4, 0.5) is 9.59 Å². The lowest BCUT2D eigenvalue weighted by atomic mass is 10.1. The molecule has 164 valence electrons. The van der Waals surface area contributed by atoms with E-state index in [2.05, 4.69) is 21.3 Å². The third kappa shape index (κ3) is 7.73. The first-order valence-corrected chi connectivity index (χ1v) is 10.2. The summed E-state index contributed by atoms with van der Waals surface area (Å²) >= 11 is 0. The van der Waals surface area contributed by atoms with Gasteiger partial charge in [-0.05, 0) is 51.3 Å². The van der Waals surface area contributed by atoms with Gasteiger partial charge in [-0.2, -0.15) is 0 Å². The van der Waals surface area contributed by atoms with Crippen LogP contribution < -0.4 is 21.3 Å². The van der Waals surface area contributed by atoms with Gasteiger partial charge in [0.25, 0.3) is 5.91 Å². The largest absolute Gasteiger partial charge is 0.449 e. The average molecular weight is 418 g/mol. The second kappa shape index (κ2) is 11.2. The van der Waals surface area contributed by atoms with Gasteiger partial charge in [-0.25, -0.2) is 14.4 Å². The zero-order valence-corrected chi connectivity index (χ0v) is 17.6.